The fourth-order valence-electron chi connectivity index (χ4n) is 3.38. The highest BCUT2D eigenvalue weighted by molar-refractivity contribution is 8.18. The zero-order chi connectivity index (χ0) is 17.9. The molecule has 1 heterocycles. The van der Waals surface area contributed by atoms with Crippen LogP contribution in [0.3, 0.4) is 0 Å². The van der Waals surface area contributed by atoms with Crippen molar-refractivity contribution < 1.29 is 9.90 Å². The van der Waals surface area contributed by atoms with Crippen molar-refractivity contribution in [1.82, 2.24) is 4.90 Å². The molecular weight excluding hydrogens is 344 g/mol. The highest BCUT2D eigenvalue weighted by Gasteiger charge is 2.39. The molecule has 2 aromatic carbocycles. The predicted molar refractivity (Wildman–Crippen MR) is 106 cm³/mol. The van der Waals surface area contributed by atoms with Crippen molar-refractivity contribution in [1.29, 1.82) is 0 Å². The number of thioether (sulfide) groups is 1. The number of phenolic OH excluding ortho intramolecular Hbond substituents is 1. The van der Waals surface area contributed by atoms with Gasteiger partial charge in [-0.25, -0.2) is 4.99 Å². The highest BCUT2D eigenvalue weighted by atomic mass is 32.2. The lowest BCUT2D eigenvalue weighted by atomic mass is 10.2. The fourth-order valence-corrected chi connectivity index (χ4v) is 4.44. The molecular formula is C21H20N2O2S. The summed E-state index contributed by atoms with van der Waals surface area (Å²) in [5.74, 6) is 0.251. The Bertz CT molecular complexity index is 853. The van der Waals surface area contributed by atoms with Crippen molar-refractivity contribution in [3.05, 3.63) is 65.1 Å². The van der Waals surface area contributed by atoms with E-state index in [9.17, 15) is 9.90 Å². The molecule has 1 N–H and O–H groups in total. The van der Waals surface area contributed by atoms with Gasteiger partial charge in [-0.1, -0.05) is 43.2 Å². The maximum atomic E-state index is 13.1. The molecule has 1 aliphatic carbocycles. The zero-order valence-electron chi connectivity index (χ0n) is 14.3. The number of nitrogens with zero attached hydrogens (tertiary/aromatic N) is 2. The molecule has 1 aliphatic heterocycles. The van der Waals surface area contributed by atoms with E-state index in [4.69, 9.17) is 4.99 Å². The van der Waals surface area contributed by atoms with E-state index in [-0.39, 0.29) is 17.7 Å². The third kappa shape index (κ3) is 3.53. The van der Waals surface area contributed by atoms with Gasteiger partial charge in [0.05, 0.1) is 10.6 Å². The number of amides is 1. The first kappa shape index (κ1) is 16.9. The summed E-state index contributed by atoms with van der Waals surface area (Å²) in [4.78, 5) is 20.4. The number of carbonyl (C=O) groups excluding carboxylic acids is 1. The summed E-state index contributed by atoms with van der Waals surface area (Å²) in [6.07, 6.45) is 6.27. The lowest BCUT2D eigenvalue weighted by molar-refractivity contribution is -0.123. The zero-order valence-corrected chi connectivity index (χ0v) is 15.2. The molecule has 2 aliphatic rings. The fraction of sp³-hybridized carbons (Fsp3) is 0.238. The number of phenols is 1. The van der Waals surface area contributed by atoms with Crippen molar-refractivity contribution in [3.63, 3.8) is 0 Å². The van der Waals surface area contributed by atoms with E-state index < -0.39 is 0 Å². The molecule has 2 aromatic rings. The summed E-state index contributed by atoms with van der Waals surface area (Å²) < 4.78 is 0. The summed E-state index contributed by atoms with van der Waals surface area (Å²) in [7, 11) is 0. The van der Waals surface area contributed by atoms with E-state index in [0.717, 1.165) is 42.1 Å². The van der Waals surface area contributed by atoms with Crippen LogP contribution in [0.2, 0.25) is 0 Å². The van der Waals surface area contributed by atoms with Crippen LogP contribution >= 0.6 is 11.8 Å². The number of para-hydroxylation sites is 1. The van der Waals surface area contributed by atoms with Gasteiger partial charge in [0.1, 0.15) is 5.75 Å². The molecule has 0 unspecified atom stereocenters. The Kier molecular flexibility index (Phi) is 4.80. The number of rotatable bonds is 3. The van der Waals surface area contributed by atoms with Gasteiger partial charge < -0.3 is 5.11 Å². The quantitative estimate of drug-likeness (QED) is 0.785. The number of hydrogen-bond donors (Lipinski definition) is 1. The number of carbonyl (C=O) groups is 1. The normalized spacial score (nSPS) is 21.2. The van der Waals surface area contributed by atoms with Crippen molar-refractivity contribution in [3.8, 4) is 5.75 Å². The molecule has 2 fully saturated rings. The van der Waals surface area contributed by atoms with Gasteiger partial charge in [0.15, 0.2) is 5.17 Å². The summed E-state index contributed by atoms with van der Waals surface area (Å²) in [6.45, 7) is 0. The van der Waals surface area contributed by atoms with E-state index in [0.29, 0.717) is 4.91 Å². The molecule has 1 saturated heterocycles. The highest BCUT2D eigenvalue weighted by Crippen LogP contribution is 2.38. The standard InChI is InChI=1S/C21H20N2O2S/c24-18-12-10-15(11-13-18)14-19-20(25)23(17-8-4-5-9-17)21(26-19)22-16-6-2-1-3-7-16/h1-3,6-7,10-14,17,24H,4-5,8-9H2. The summed E-state index contributed by atoms with van der Waals surface area (Å²) in [5.41, 5.74) is 1.75. The molecule has 4 nitrogen and oxygen atoms in total. The van der Waals surface area contributed by atoms with Crippen LogP contribution in [0.1, 0.15) is 31.2 Å². The Morgan fingerprint density at radius 1 is 1.04 bits per heavy atom. The Morgan fingerprint density at radius 2 is 1.73 bits per heavy atom. The van der Waals surface area contributed by atoms with E-state index in [1.807, 2.05) is 53.4 Å². The lowest BCUT2D eigenvalue weighted by Crippen LogP contribution is -2.37. The molecule has 1 amide bonds. The van der Waals surface area contributed by atoms with Crippen LogP contribution in [-0.2, 0) is 4.79 Å². The number of benzene rings is 2. The molecule has 5 heteroatoms. The monoisotopic (exact) mass is 364 g/mol. The van der Waals surface area contributed by atoms with Gasteiger partial charge in [0.2, 0.25) is 0 Å². The van der Waals surface area contributed by atoms with Crippen LogP contribution in [0.4, 0.5) is 5.69 Å². The lowest BCUT2D eigenvalue weighted by Gasteiger charge is -2.22. The van der Waals surface area contributed by atoms with Crippen LogP contribution in [0, 0.1) is 0 Å². The molecule has 0 radical (unpaired) electrons. The van der Waals surface area contributed by atoms with E-state index >= 15 is 0 Å². The molecule has 4 rings (SSSR count). The average Bonchev–Trinajstić information content (AvgIpc) is 3.27. The Balaban J connectivity index is 1.69. The number of amidine groups is 1. The maximum absolute atomic E-state index is 13.1. The minimum Gasteiger partial charge on any atom is -0.508 e. The van der Waals surface area contributed by atoms with Crippen LogP contribution in [-0.4, -0.2) is 27.1 Å². The van der Waals surface area contributed by atoms with Gasteiger partial charge in [0, 0.05) is 6.04 Å². The van der Waals surface area contributed by atoms with Gasteiger partial charge >= 0.3 is 0 Å². The first-order valence-corrected chi connectivity index (χ1v) is 9.68. The topological polar surface area (TPSA) is 52.9 Å². The molecule has 132 valence electrons. The second-order valence-electron chi connectivity index (χ2n) is 6.55. The first-order valence-electron chi connectivity index (χ1n) is 8.86. The van der Waals surface area contributed by atoms with E-state index in [2.05, 4.69) is 0 Å². The first-order chi connectivity index (χ1) is 12.7. The van der Waals surface area contributed by atoms with E-state index in [1.165, 1.54) is 11.8 Å². The van der Waals surface area contributed by atoms with Crippen LogP contribution in [0.25, 0.3) is 6.08 Å². The molecule has 0 spiro atoms. The maximum Gasteiger partial charge on any atom is 0.267 e. The second-order valence-corrected chi connectivity index (χ2v) is 7.55. The van der Waals surface area contributed by atoms with Gasteiger partial charge in [-0.2, -0.15) is 0 Å². The van der Waals surface area contributed by atoms with Crippen LogP contribution in [0.15, 0.2) is 64.5 Å². The van der Waals surface area contributed by atoms with Gasteiger partial charge in [-0.15, -0.1) is 0 Å². The van der Waals surface area contributed by atoms with E-state index in [1.54, 1.807) is 12.1 Å². The van der Waals surface area contributed by atoms with Crippen molar-refractivity contribution >= 4 is 34.6 Å². The van der Waals surface area contributed by atoms with Crippen molar-refractivity contribution in [2.45, 2.75) is 31.7 Å². The third-order valence-electron chi connectivity index (χ3n) is 4.70. The predicted octanol–water partition coefficient (Wildman–Crippen LogP) is 4.94. The molecule has 0 atom stereocenters. The minimum absolute atomic E-state index is 0.0321. The Hall–Kier alpha value is -2.53. The number of aromatic hydroxyl groups is 1. The average molecular weight is 364 g/mol. The molecule has 1 saturated carbocycles. The van der Waals surface area contributed by atoms with Gasteiger partial charge in [-0.3, -0.25) is 9.69 Å². The molecule has 26 heavy (non-hydrogen) atoms. The Labute approximate surface area is 157 Å². The van der Waals surface area contributed by atoms with Crippen LogP contribution in [0.5, 0.6) is 5.75 Å². The van der Waals surface area contributed by atoms with Crippen molar-refractivity contribution in [2.75, 3.05) is 0 Å². The Morgan fingerprint density at radius 3 is 2.42 bits per heavy atom. The van der Waals surface area contributed by atoms with Crippen LogP contribution < -0.4 is 0 Å². The minimum atomic E-state index is 0.0321. The summed E-state index contributed by atoms with van der Waals surface area (Å²) >= 11 is 1.43. The second kappa shape index (κ2) is 7.38. The largest absolute Gasteiger partial charge is 0.508 e. The summed E-state index contributed by atoms with van der Waals surface area (Å²) in [6, 6.07) is 16.9. The smallest absolute Gasteiger partial charge is 0.267 e. The van der Waals surface area contributed by atoms with Crippen molar-refractivity contribution in [2.24, 2.45) is 4.99 Å². The number of hydrogen-bond acceptors (Lipinski definition) is 4. The SMILES string of the molecule is O=C1C(=Cc2ccc(O)cc2)SC(=Nc2ccccc2)N1C1CCCC1. The number of aliphatic imine (C=N–C) groups is 1. The summed E-state index contributed by atoms with van der Waals surface area (Å²) in [5, 5.41) is 10.2. The van der Waals surface area contributed by atoms with Gasteiger partial charge in [-0.05, 0) is 60.5 Å². The molecule has 0 aromatic heterocycles. The third-order valence-corrected chi connectivity index (χ3v) is 5.68. The van der Waals surface area contributed by atoms with Gasteiger partial charge in [0.25, 0.3) is 5.91 Å². The molecule has 0 bridgehead atoms.